The average molecular weight is 531 g/mol. The third-order valence-electron chi connectivity index (χ3n) is 6.30. The topological polar surface area (TPSA) is 118 Å². The molecule has 3 aromatic heterocycles. The maximum atomic E-state index is 13.1. The first-order chi connectivity index (χ1) is 18.6. The van der Waals surface area contributed by atoms with Crippen LogP contribution in [0.2, 0.25) is 0 Å². The number of rotatable bonds is 10. The number of carbonyl (C=O) groups excluding carboxylic acids is 3. The first-order valence-corrected chi connectivity index (χ1v) is 12.6. The Kier molecular flexibility index (Phi) is 8.30. The third-order valence-corrected chi connectivity index (χ3v) is 6.30. The van der Waals surface area contributed by atoms with Crippen molar-refractivity contribution in [3.8, 4) is 11.1 Å². The van der Waals surface area contributed by atoms with Gasteiger partial charge in [0.15, 0.2) is 5.82 Å². The van der Waals surface area contributed by atoms with Crippen molar-refractivity contribution >= 4 is 29.1 Å². The van der Waals surface area contributed by atoms with Crippen LogP contribution in [0.5, 0.6) is 0 Å². The summed E-state index contributed by atoms with van der Waals surface area (Å²) in [4.78, 5) is 44.1. The fourth-order valence-electron chi connectivity index (χ4n) is 4.21. The molecule has 3 heterocycles. The Bertz CT molecular complexity index is 1480. The summed E-state index contributed by atoms with van der Waals surface area (Å²) >= 11 is 0. The summed E-state index contributed by atoms with van der Waals surface area (Å²) in [6, 6.07) is 10.8. The van der Waals surface area contributed by atoms with E-state index in [-0.39, 0.29) is 17.7 Å². The van der Waals surface area contributed by atoms with E-state index in [1.54, 1.807) is 77.7 Å². The molecule has 4 rings (SSSR count). The summed E-state index contributed by atoms with van der Waals surface area (Å²) in [6.07, 6.45) is 7.72. The predicted octanol–water partition coefficient (Wildman–Crippen LogP) is 2.95. The first kappa shape index (κ1) is 27.4. The fourth-order valence-corrected chi connectivity index (χ4v) is 4.21. The molecular formula is C28H34N8O3. The quantitative estimate of drug-likeness (QED) is 0.273. The van der Waals surface area contributed by atoms with Gasteiger partial charge in [-0.05, 0) is 56.9 Å². The molecule has 3 N–H and O–H groups in total. The van der Waals surface area contributed by atoms with Crippen molar-refractivity contribution in [2.75, 3.05) is 37.8 Å². The van der Waals surface area contributed by atoms with Gasteiger partial charge in [0.2, 0.25) is 0 Å². The van der Waals surface area contributed by atoms with E-state index in [0.29, 0.717) is 35.1 Å². The highest BCUT2D eigenvalue weighted by Crippen LogP contribution is 2.25. The molecule has 0 bridgehead atoms. The van der Waals surface area contributed by atoms with Gasteiger partial charge in [0.1, 0.15) is 11.4 Å². The Hall–Kier alpha value is -4.64. The number of imidazole rings is 1. The molecule has 0 fully saturated rings. The minimum Gasteiger partial charge on any atom is -0.351 e. The number of hydrogen-bond donors (Lipinski definition) is 3. The molecule has 204 valence electrons. The molecule has 11 nitrogen and oxygen atoms in total. The number of nitrogens with zero attached hydrogens (tertiary/aromatic N) is 5. The second-order valence-corrected chi connectivity index (χ2v) is 9.71. The molecule has 39 heavy (non-hydrogen) atoms. The SMILES string of the molecule is CN(C)CCCNC(=O)c1cc(NC(=O)c2cc(-c3ccc(NC(=O)c4nccn4C)cc3)cn2C)cn1C. The van der Waals surface area contributed by atoms with Crippen LogP contribution in [0.25, 0.3) is 11.1 Å². The van der Waals surface area contributed by atoms with Gasteiger partial charge in [-0.3, -0.25) is 14.4 Å². The zero-order valence-corrected chi connectivity index (χ0v) is 22.9. The van der Waals surface area contributed by atoms with Crippen LogP contribution in [-0.4, -0.2) is 68.5 Å². The van der Waals surface area contributed by atoms with Crippen LogP contribution in [0.15, 0.2) is 61.2 Å². The van der Waals surface area contributed by atoms with Crippen molar-refractivity contribution in [1.82, 2.24) is 28.9 Å². The van der Waals surface area contributed by atoms with Gasteiger partial charge >= 0.3 is 0 Å². The summed E-state index contributed by atoms with van der Waals surface area (Å²) in [5.41, 5.74) is 3.87. The van der Waals surface area contributed by atoms with E-state index in [0.717, 1.165) is 24.1 Å². The lowest BCUT2D eigenvalue weighted by Crippen LogP contribution is -2.28. The summed E-state index contributed by atoms with van der Waals surface area (Å²) in [5, 5.41) is 8.64. The number of benzene rings is 1. The largest absolute Gasteiger partial charge is 0.351 e. The summed E-state index contributed by atoms with van der Waals surface area (Å²) in [7, 11) is 9.32. The van der Waals surface area contributed by atoms with Crippen molar-refractivity contribution in [2.24, 2.45) is 21.1 Å². The fraction of sp³-hybridized carbons (Fsp3) is 0.286. The predicted molar refractivity (Wildman–Crippen MR) is 151 cm³/mol. The minimum absolute atomic E-state index is 0.183. The molecule has 0 saturated carbocycles. The van der Waals surface area contributed by atoms with Crippen LogP contribution in [0, 0.1) is 0 Å². The van der Waals surface area contributed by atoms with Crippen LogP contribution in [0.3, 0.4) is 0 Å². The highest BCUT2D eigenvalue weighted by Gasteiger charge is 2.17. The molecule has 0 aliphatic rings. The monoisotopic (exact) mass is 530 g/mol. The molecule has 0 saturated heterocycles. The lowest BCUT2D eigenvalue weighted by Gasteiger charge is -2.10. The van der Waals surface area contributed by atoms with Crippen LogP contribution in [0.4, 0.5) is 11.4 Å². The second kappa shape index (κ2) is 11.8. The highest BCUT2D eigenvalue weighted by molar-refractivity contribution is 6.05. The maximum Gasteiger partial charge on any atom is 0.291 e. The molecule has 0 spiro atoms. The molecule has 11 heteroatoms. The van der Waals surface area contributed by atoms with Gasteiger partial charge in [0.05, 0.1) is 5.69 Å². The van der Waals surface area contributed by atoms with E-state index in [4.69, 9.17) is 0 Å². The number of hydrogen-bond acceptors (Lipinski definition) is 5. The van der Waals surface area contributed by atoms with Crippen molar-refractivity contribution in [3.05, 3.63) is 78.4 Å². The summed E-state index contributed by atoms with van der Waals surface area (Å²) in [6.45, 7) is 1.47. The van der Waals surface area contributed by atoms with Gasteiger partial charge in [-0.25, -0.2) is 4.98 Å². The lowest BCUT2D eigenvalue weighted by atomic mass is 10.1. The molecule has 0 radical (unpaired) electrons. The van der Waals surface area contributed by atoms with Gasteiger partial charge in [-0.1, -0.05) is 12.1 Å². The molecule has 0 aliphatic heterocycles. The van der Waals surface area contributed by atoms with Gasteiger partial charge in [-0.2, -0.15) is 0 Å². The zero-order chi connectivity index (χ0) is 28.1. The zero-order valence-electron chi connectivity index (χ0n) is 22.9. The number of amides is 3. The van der Waals surface area contributed by atoms with Crippen LogP contribution < -0.4 is 16.0 Å². The van der Waals surface area contributed by atoms with E-state index in [1.165, 1.54) is 0 Å². The average Bonchev–Trinajstić information content (AvgIpc) is 3.60. The van der Waals surface area contributed by atoms with Gasteiger partial charge in [-0.15, -0.1) is 0 Å². The van der Waals surface area contributed by atoms with E-state index in [9.17, 15) is 14.4 Å². The Morgan fingerprint density at radius 2 is 1.46 bits per heavy atom. The molecule has 4 aromatic rings. The van der Waals surface area contributed by atoms with Gasteiger partial charge in [0.25, 0.3) is 17.7 Å². The minimum atomic E-state index is -0.292. The van der Waals surface area contributed by atoms with Crippen molar-refractivity contribution in [1.29, 1.82) is 0 Å². The van der Waals surface area contributed by atoms with Crippen LogP contribution in [-0.2, 0) is 21.1 Å². The number of aromatic nitrogens is 4. The maximum absolute atomic E-state index is 13.1. The molecule has 0 aliphatic carbocycles. The number of carbonyl (C=O) groups is 3. The molecule has 3 amide bonds. The van der Waals surface area contributed by atoms with Crippen LogP contribution >= 0.6 is 0 Å². The van der Waals surface area contributed by atoms with Crippen LogP contribution in [0.1, 0.15) is 38.0 Å². The smallest absolute Gasteiger partial charge is 0.291 e. The Balaban J connectivity index is 1.39. The highest BCUT2D eigenvalue weighted by atomic mass is 16.2. The lowest BCUT2D eigenvalue weighted by molar-refractivity contribution is 0.0942. The van der Waals surface area contributed by atoms with Crippen molar-refractivity contribution in [2.45, 2.75) is 6.42 Å². The molecule has 0 unspecified atom stereocenters. The third kappa shape index (κ3) is 6.63. The Labute approximate surface area is 227 Å². The Morgan fingerprint density at radius 3 is 2.13 bits per heavy atom. The number of aryl methyl sites for hydroxylation is 3. The Morgan fingerprint density at radius 1 is 0.795 bits per heavy atom. The van der Waals surface area contributed by atoms with E-state index >= 15 is 0 Å². The summed E-state index contributed by atoms with van der Waals surface area (Å²) in [5.74, 6) is -0.438. The molecule has 0 atom stereocenters. The van der Waals surface area contributed by atoms with Gasteiger partial charge < -0.3 is 34.6 Å². The van der Waals surface area contributed by atoms with E-state index in [1.807, 2.05) is 32.4 Å². The normalized spacial score (nSPS) is 11.0. The van der Waals surface area contributed by atoms with Crippen molar-refractivity contribution in [3.63, 3.8) is 0 Å². The standard InChI is InChI=1S/C28H34N8O3/c1-33(2)13-6-11-30-26(37)24-16-22(18-36(24)5)32-27(38)23-15-20(17-35(23)4)19-7-9-21(10-8-19)31-28(39)25-29-12-14-34(25)3/h7-10,12,14-18H,6,11,13H2,1-5H3,(H,30,37)(H,31,39)(H,32,38). The second-order valence-electron chi connectivity index (χ2n) is 9.71. The molecular weight excluding hydrogens is 496 g/mol. The van der Waals surface area contributed by atoms with E-state index < -0.39 is 0 Å². The molecule has 1 aromatic carbocycles. The summed E-state index contributed by atoms with van der Waals surface area (Å²) < 4.78 is 5.10. The number of nitrogens with one attached hydrogen (secondary N) is 3. The first-order valence-electron chi connectivity index (χ1n) is 12.6. The van der Waals surface area contributed by atoms with Gasteiger partial charge in [0, 0.05) is 63.7 Å². The van der Waals surface area contributed by atoms with Crippen molar-refractivity contribution < 1.29 is 14.4 Å². The van der Waals surface area contributed by atoms with E-state index in [2.05, 4.69) is 25.8 Å². The number of anilines is 2.